The standard InChI is InChI=1S/C16H18F3NO3/c1-10-6-7-20(13(8-10)15(22)23)14(21)9-11-2-4-12(5-3-11)16(17,18)19/h2-5,10,13H,6-9H2,1H3,(H,22,23). The first kappa shape index (κ1) is 17.3. The third-order valence-corrected chi connectivity index (χ3v) is 4.11. The Bertz CT molecular complexity index is 583. The molecule has 4 nitrogen and oxygen atoms in total. The lowest BCUT2D eigenvalue weighted by molar-refractivity contribution is -0.152. The van der Waals surface area contributed by atoms with Gasteiger partial charge in [-0.15, -0.1) is 0 Å². The summed E-state index contributed by atoms with van der Waals surface area (Å²) in [6, 6.07) is 3.50. The van der Waals surface area contributed by atoms with Crippen molar-refractivity contribution >= 4 is 11.9 Å². The Morgan fingerprint density at radius 2 is 1.87 bits per heavy atom. The van der Waals surface area contributed by atoms with E-state index in [2.05, 4.69) is 0 Å². The van der Waals surface area contributed by atoms with Crippen molar-refractivity contribution in [3.05, 3.63) is 35.4 Å². The minimum atomic E-state index is -4.42. The van der Waals surface area contributed by atoms with Gasteiger partial charge < -0.3 is 10.0 Å². The Hall–Kier alpha value is -2.05. The Balaban J connectivity index is 2.07. The maximum Gasteiger partial charge on any atom is 0.416 e. The lowest BCUT2D eigenvalue weighted by Crippen LogP contribution is -2.50. The highest BCUT2D eigenvalue weighted by molar-refractivity contribution is 5.85. The summed E-state index contributed by atoms with van der Waals surface area (Å²) in [5, 5.41) is 9.25. The molecule has 1 fully saturated rings. The van der Waals surface area contributed by atoms with Crippen LogP contribution in [0.1, 0.15) is 30.9 Å². The number of carboxylic acids is 1. The number of halogens is 3. The van der Waals surface area contributed by atoms with Crippen molar-refractivity contribution in [3.8, 4) is 0 Å². The summed E-state index contributed by atoms with van der Waals surface area (Å²) in [5.74, 6) is -1.19. The number of carbonyl (C=O) groups excluding carboxylic acids is 1. The van der Waals surface area contributed by atoms with E-state index in [1.165, 1.54) is 17.0 Å². The predicted molar refractivity (Wildman–Crippen MR) is 76.7 cm³/mol. The topological polar surface area (TPSA) is 57.6 Å². The molecule has 1 heterocycles. The van der Waals surface area contributed by atoms with Gasteiger partial charge in [-0.25, -0.2) is 4.79 Å². The average molecular weight is 329 g/mol. The van der Waals surface area contributed by atoms with E-state index in [4.69, 9.17) is 0 Å². The normalized spacial score (nSPS) is 22.0. The second-order valence-corrected chi connectivity index (χ2v) is 5.94. The van der Waals surface area contributed by atoms with Crippen LogP contribution in [0.4, 0.5) is 13.2 Å². The van der Waals surface area contributed by atoms with E-state index in [9.17, 15) is 27.9 Å². The minimum absolute atomic E-state index is 0.101. The van der Waals surface area contributed by atoms with Gasteiger partial charge in [0.1, 0.15) is 6.04 Å². The van der Waals surface area contributed by atoms with Crippen molar-refractivity contribution in [1.29, 1.82) is 0 Å². The Kier molecular flexibility index (Phi) is 4.97. The van der Waals surface area contributed by atoms with E-state index < -0.39 is 23.8 Å². The molecular weight excluding hydrogens is 311 g/mol. The van der Waals surface area contributed by atoms with E-state index in [-0.39, 0.29) is 18.2 Å². The van der Waals surface area contributed by atoms with Gasteiger partial charge >= 0.3 is 12.1 Å². The molecule has 126 valence electrons. The predicted octanol–water partition coefficient (Wildman–Crippen LogP) is 2.96. The molecule has 0 radical (unpaired) electrons. The van der Waals surface area contributed by atoms with Crippen LogP contribution in [0.25, 0.3) is 0 Å². The monoisotopic (exact) mass is 329 g/mol. The summed E-state index contributed by atoms with van der Waals surface area (Å²) in [7, 11) is 0. The molecule has 0 bridgehead atoms. The van der Waals surface area contributed by atoms with Crippen molar-refractivity contribution in [2.24, 2.45) is 5.92 Å². The second-order valence-electron chi connectivity index (χ2n) is 5.94. The number of hydrogen-bond donors (Lipinski definition) is 1. The zero-order valence-corrected chi connectivity index (χ0v) is 12.6. The summed E-state index contributed by atoms with van der Waals surface area (Å²) in [4.78, 5) is 24.9. The molecule has 2 unspecified atom stereocenters. The number of nitrogens with zero attached hydrogens (tertiary/aromatic N) is 1. The highest BCUT2D eigenvalue weighted by Gasteiger charge is 2.34. The van der Waals surface area contributed by atoms with Gasteiger partial charge in [0.15, 0.2) is 0 Å². The van der Waals surface area contributed by atoms with Gasteiger partial charge in [-0.3, -0.25) is 4.79 Å². The molecule has 1 aliphatic heterocycles. The van der Waals surface area contributed by atoms with Crippen LogP contribution in [0.2, 0.25) is 0 Å². The molecule has 0 aromatic heterocycles. The average Bonchev–Trinajstić information content (AvgIpc) is 2.46. The van der Waals surface area contributed by atoms with E-state index >= 15 is 0 Å². The number of aliphatic carboxylic acids is 1. The zero-order chi connectivity index (χ0) is 17.2. The third-order valence-electron chi connectivity index (χ3n) is 4.11. The number of amides is 1. The molecule has 1 aromatic rings. The van der Waals surface area contributed by atoms with E-state index in [0.717, 1.165) is 18.6 Å². The first-order valence-corrected chi connectivity index (χ1v) is 7.37. The molecule has 2 rings (SSSR count). The molecular formula is C16H18F3NO3. The third kappa shape index (κ3) is 4.24. The summed E-state index contributed by atoms with van der Waals surface area (Å²) in [5.41, 5.74) is -0.338. The van der Waals surface area contributed by atoms with Crippen molar-refractivity contribution in [1.82, 2.24) is 4.90 Å². The lowest BCUT2D eigenvalue weighted by atomic mass is 9.92. The van der Waals surface area contributed by atoms with Gasteiger partial charge in [-0.2, -0.15) is 13.2 Å². The molecule has 7 heteroatoms. The number of likely N-dealkylation sites (tertiary alicyclic amines) is 1. The van der Waals surface area contributed by atoms with Gasteiger partial charge in [0.05, 0.1) is 12.0 Å². The SMILES string of the molecule is CC1CCN(C(=O)Cc2ccc(C(F)(F)F)cc2)C(C(=O)O)C1. The Morgan fingerprint density at radius 3 is 2.39 bits per heavy atom. The van der Waals surface area contributed by atoms with Crippen LogP contribution >= 0.6 is 0 Å². The van der Waals surface area contributed by atoms with Gasteiger partial charge in [0, 0.05) is 6.54 Å². The van der Waals surface area contributed by atoms with Crippen LogP contribution in [0, 0.1) is 5.92 Å². The van der Waals surface area contributed by atoms with Crippen molar-refractivity contribution < 1.29 is 27.9 Å². The number of hydrogen-bond acceptors (Lipinski definition) is 2. The van der Waals surface area contributed by atoms with E-state index in [1.54, 1.807) is 0 Å². The molecule has 0 aliphatic carbocycles. The Morgan fingerprint density at radius 1 is 1.26 bits per heavy atom. The lowest BCUT2D eigenvalue weighted by Gasteiger charge is -2.36. The van der Waals surface area contributed by atoms with Gasteiger partial charge in [0.2, 0.25) is 5.91 Å². The van der Waals surface area contributed by atoms with E-state index in [0.29, 0.717) is 18.5 Å². The fourth-order valence-corrected chi connectivity index (χ4v) is 2.76. The molecule has 0 spiro atoms. The first-order chi connectivity index (χ1) is 10.7. The smallest absolute Gasteiger partial charge is 0.416 e. The minimum Gasteiger partial charge on any atom is -0.480 e. The molecule has 2 atom stereocenters. The number of rotatable bonds is 3. The highest BCUT2D eigenvalue weighted by atomic mass is 19.4. The van der Waals surface area contributed by atoms with Crippen LogP contribution in [-0.2, 0) is 22.2 Å². The molecule has 1 N–H and O–H groups in total. The number of benzene rings is 1. The summed E-state index contributed by atoms with van der Waals surface area (Å²) in [6.45, 7) is 2.30. The number of alkyl halides is 3. The van der Waals surface area contributed by atoms with Crippen molar-refractivity contribution in [3.63, 3.8) is 0 Å². The second kappa shape index (κ2) is 6.60. The summed E-state index contributed by atoms with van der Waals surface area (Å²) < 4.78 is 37.5. The number of piperidine rings is 1. The maximum atomic E-state index is 12.5. The Labute approximate surface area is 131 Å². The van der Waals surface area contributed by atoms with Crippen LogP contribution in [0.5, 0.6) is 0 Å². The number of carboxylic acid groups (broad SMARTS) is 1. The quantitative estimate of drug-likeness (QED) is 0.927. The van der Waals surface area contributed by atoms with Crippen molar-refractivity contribution in [2.75, 3.05) is 6.54 Å². The molecule has 1 saturated heterocycles. The molecule has 1 aliphatic rings. The maximum absolute atomic E-state index is 12.5. The fraction of sp³-hybridized carbons (Fsp3) is 0.500. The number of carbonyl (C=O) groups is 2. The van der Waals surface area contributed by atoms with Crippen LogP contribution in [0.15, 0.2) is 24.3 Å². The summed E-state index contributed by atoms with van der Waals surface area (Å²) in [6.07, 6.45) is -3.40. The largest absolute Gasteiger partial charge is 0.480 e. The molecule has 1 amide bonds. The van der Waals surface area contributed by atoms with E-state index in [1.807, 2.05) is 6.92 Å². The molecule has 1 aromatic carbocycles. The van der Waals surface area contributed by atoms with Gasteiger partial charge in [-0.05, 0) is 36.5 Å². The van der Waals surface area contributed by atoms with Crippen molar-refractivity contribution in [2.45, 2.75) is 38.4 Å². The van der Waals surface area contributed by atoms with Crippen LogP contribution < -0.4 is 0 Å². The van der Waals surface area contributed by atoms with Crippen LogP contribution in [-0.4, -0.2) is 34.5 Å². The zero-order valence-electron chi connectivity index (χ0n) is 12.6. The van der Waals surface area contributed by atoms with Gasteiger partial charge in [0.25, 0.3) is 0 Å². The summed E-state index contributed by atoms with van der Waals surface area (Å²) >= 11 is 0. The highest BCUT2D eigenvalue weighted by Crippen LogP contribution is 2.29. The van der Waals surface area contributed by atoms with Gasteiger partial charge in [-0.1, -0.05) is 19.1 Å². The fourth-order valence-electron chi connectivity index (χ4n) is 2.76. The van der Waals surface area contributed by atoms with Crippen LogP contribution in [0.3, 0.4) is 0 Å². The molecule has 23 heavy (non-hydrogen) atoms. The molecule has 0 saturated carbocycles. The first-order valence-electron chi connectivity index (χ1n) is 7.37.